The maximum Gasteiger partial charge on any atom is 0.244 e. The Kier molecular flexibility index (Phi) is 5.54. The molecule has 6 nitrogen and oxygen atoms in total. The molecular formula is C10H13Cl2N3O3S. The molecule has 0 spiro atoms. The van der Waals surface area contributed by atoms with E-state index < -0.39 is 10.0 Å². The van der Waals surface area contributed by atoms with Crippen LogP contribution < -0.4 is 5.32 Å². The topological polar surface area (TPSA) is 79.4 Å². The molecule has 0 aliphatic rings. The van der Waals surface area contributed by atoms with Gasteiger partial charge in [0.2, 0.25) is 15.9 Å². The summed E-state index contributed by atoms with van der Waals surface area (Å²) in [5, 5.41) is 2.51. The van der Waals surface area contributed by atoms with E-state index in [0.717, 1.165) is 10.5 Å². The van der Waals surface area contributed by atoms with Gasteiger partial charge in [-0.05, 0) is 6.07 Å². The van der Waals surface area contributed by atoms with Crippen LogP contribution in [0.3, 0.4) is 0 Å². The van der Waals surface area contributed by atoms with Gasteiger partial charge in [0.15, 0.2) is 0 Å². The zero-order chi connectivity index (χ0) is 14.6. The highest BCUT2D eigenvalue weighted by Gasteiger charge is 2.22. The average Bonchev–Trinajstić information content (AvgIpc) is 2.38. The molecule has 0 atom stereocenters. The largest absolute Gasteiger partial charge is 0.359 e. The normalized spacial score (nSPS) is 11.6. The molecule has 19 heavy (non-hydrogen) atoms. The number of rotatable bonds is 5. The van der Waals surface area contributed by atoms with Gasteiger partial charge in [0.25, 0.3) is 0 Å². The summed E-state index contributed by atoms with van der Waals surface area (Å²) in [6.07, 6.45) is 1.20. The van der Waals surface area contributed by atoms with E-state index >= 15 is 0 Å². The van der Waals surface area contributed by atoms with E-state index in [1.807, 2.05) is 0 Å². The highest BCUT2D eigenvalue weighted by Crippen LogP contribution is 2.23. The Morgan fingerprint density at radius 1 is 1.47 bits per heavy atom. The third-order valence-electron chi connectivity index (χ3n) is 2.41. The number of aromatic nitrogens is 1. The maximum absolute atomic E-state index is 12.1. The maximum atomic E-state index is 12.1. The minimum atomic E-state index is -3.73. The van der Waals surface area contributed by atoms with Crippen molar-refractivity contribution in [1.82, 2.24) is 14.6 Å². The van der Waals surface area contributed by atoms with Gasteiger partial charge < -0.3 is 5.32 Å². The van der Waals surface area contributed by atoms with Gasteiger partial charge in [-0.1, -0.05) is 23.2 Å². The fourth-order valence-corrected chi connectivity index (χ4v) is 2.71. The quantitative estimate of drug-likeness (QED) is 0.823. The summed E-state index contributed by atoms with van der Waals surface area (Å²) in [7, 11) is -0.873. The van der Waals surface area contributed by atoms with E-state index in [-0.39, 0.29) is 33.9 Å². The molecule has 106 valence electrons. The van der Waals surface area contributed by atoms with E-state index in [9.17, 15) is 13.2 Å². The molecule has 1 heterocycles. The monoisotopic (exact) mass is 325 g/mol. The SMILES string of the molecule is CNC(=O)CCN(C)S(=O)(=O)c1cnc(Cl)c(Cl)c1. The van der Waals surface area contributed by atoms with Gasteiger partial charge in [-0.25, -0.2) is 17.7 Å². The molecule has 0 aliphatic heterocycles. The lowest BCUT2D eigenvalue weighted by Gasteiger charge is -2.16. The number of sulfonamides is 1. The predicted octanol–water partition coefficient (Wildman–Crippen LogP) is 1.15. The molecule has 0 bridgehead atoms. The first kappa shape index (κ1) is 16.2. The van der Waals surface area contributed by atoms with Gasteiger partial charge >= 0.3 is 0 Å². The molecule has 9 heteroatoms. The van der Waals surface area contributed by atoms with Crippen LogP contribution >= 0.6 is 23.2 Å². The number of hydrogen-bond acceptors (Lipinski definition) is 4. The smallest absolute Gasteiger partial charge is 0.244 e. The zero-order valence-corrected chi connectivity index (χ0v) is 12.7. The van der Waals surface area contributed by atoms with Crippen LogP contribution in [-0.2, 0) is 14.8 Å². The molecule has 0 aromatic carbocycles. The van der Waals surface area contributed by atoms with Gasteiger partial charge in [0.1, 0.15) is 10.0 Å². The molecule has 1 aromatic rings. The summed E-state index contributed by atoms with van der Waals surface area (Å²) < 4.78 is 25.4. The molecule has 0 radical (unpaired) electrons. The zero-order valence-electron chi connectivity index (χ0n) is 10.4. The lowest BCUT2D eigenvalue weighted by atomic mass is 10.4. The van der Waals surface area contributed by atoms with Crippen molar-refractivity contribution in [2.45, 2.75) is 11.3 Å². The number of amides is 1. The summed E-state index contributed by atoms with van der Waals surface area (Å²) in [6.45, 7) is 0.0578. The summed E-state index contributed by atoms with van der Waals surface area (Å²) in [5.74, 6) is -0.241. The average molecular weight is 326 g/mol. The van der Waals surface area contributed by atoms with E-state index in [1.54, 1.807) is 0 Å². The van der Waals surface area contributed by atoms with Gasteiger partial charge in [0.05, 0.1) is 5.02 Å². The molecular weight excluding hydrogens is 313 g/mol. The third kappa shape index (κ3) is 4.04. The number of carbonyl (C=O) groups excluding carboxylic acids is 1. The van der Waals surface area contributed by atoms with Crippen LogP contribution in [0.15, 0.2) is 17.2 Å². The second-order valence-electron chi connectivity index (χ2n) is 3.69. The van der Waals surface area contributed by atoms with Crippen molar-refractivity contribution >= 4 is 39.1 Å². The number of pyridine rings is 1. The van der Waals surface area contributed by atoms with Gasteiger partial charge in [-0.3, -0.25) is 4.79 Å². The molecule has 0 unspecified atom stereocenters. The van der Waals surface area contributed by atoms with Crippen molar-refractivity contribution in [1.29, 1.82) is 0 Å². The minimum Gasteiger partial charge on any atom is -0.359 e. The van der Waals surface area contributed by atoms with E-state index in [1.165, 1.54) is 20.2 Å². The Labute approximate surface area is 121 Å². The standard InChI is InChI=1S/C10H13Cl2N3O3S/c1-13-9(16)3-4-15(2)19(17,18)7-5-8(11)10(12)14-6-7/h5-6H,3-4H2,1-2H3,(H,13,16). The Morgan fingerprint density at radius 2 is 2.11 bits per heavy atom. The minimum absolute atomic E-state index is 0.0358. The van der Waals surface area contributed by atoms with Crippen molar-refractivity contribution in [3.63, 3.8) is 0 Å². The van der Waals surface area contributed by atoms with Crippen LogP contribution in [0.5, 0.6) is 0 Å². The Hall–Kier alpha value is -0.890. The second-order valence-corrected chi connectivity index (χ2v) is 6.50. The number of carbonyl (C=O) groups is 1. The van der Waals surface area contributed by atoms with Crippen molar-refractivity contribution in [2.75, 3.05) is 20.6 Å². The number of nitrogens with one attached hydrogen (secondary N) is 1. The molecule has 1 amide bonds. The lowest BCUT2D eigenvalue weighted by Crippen LogP contribution is -2.31. The summed E-state index contributed by atoms with van der Waals surface area (Å²) in [5.41, 5.74) is 0. The van der Waals surface area contributed by atoms with Gasteiger partial charge in [0, 0.05) is 33.3 Å². The molecule has 1 aromatic heterocycles. The molecule has 0 saturated heterocycles. The number of hydrogen-bond donors (Lipinski definition) is 1. The van der Waals surface area contributed by atoms with E-state index in [2.05, 4.69) is 10.3 Å². The van der Waals surface area contributed by atoms with Crippen LogP contribution in [0.25, 0.3) is 0 Å². The van der Waals surface area contributed by atoms with Gasteiger partial charge in [-0.15, -0.1) is 0 Å². The Morgan fingerprint density at radius 3 is 2.63 bits per heavy atom. The fourth-order valence-electron chi connectivity index (χ4n) is 1.23. The first-order chi connectivity index (χ1) is 8.78. The molecule has 1 rings (SSSR count). The summed E-state index contributed by atoms with van der Waals surface area (Å²) in [4.78, 5) is 14.7. The Bertz CT molecular complexity index is 577. The fraction of sp³-hybridized carbons (Fsp3) is 0.400. The van der Waals surface area contributed by atoms with E-state index in [4.69, 9.17) is 23.2 Å². The van der Waals surface area contributed by atoms with Gasteiger partial charge in [-0.2, -0.15) is 0 Å². The second kappa shape index (κ2) is 6.51. The van der Waals surface area contributed by atoms with Crippen LogP contribution in [0, 0.1) is 0 Å². The molecule has 0 saturated carbocycles. The molecule has 0 aliphatic carbocycles. The first-order valence-corrected chi connectivity index (χ1v) is 7.46. The van der Waals surface area contributed by atoms with Crippen LogP contribution in [-0.4, -0.2) is 44.3 Å². The summed E-state index contributed by atoms with van der Waals surface area (Å²) in [6, 6.07) is 1.22. The van der Waals surface area contributed by atoms with Crippen LogP contribution in [0.2, 0.25) is 10.2 Å². The third-order valence-corrected chi connectivity index (χ3v) is 4.92. The molecule has 1 N–H and O–H groups in total. The highest BCUT2D eigenvalue weighted by atomic mass is 35.5. The van der Waals surface area contributed by atoms with Crippen molar-refractivity contribution in [2.24, 2.45) is 0 Å². The predicted molar refractivity (Wildman–Crippen MR) is 72.8 cm³/mol. The first-order valence-electron chi connectivity index (χ1n) is 5.27. The molecule has 0 fully saturated rings. The van der Waals surface area contributed by atoms with Crippen molar-refractivity contribution in [3.05, 3.63) is 22.4 Å². The summed E-state index contributed by atoms with van der Waals surface area (Å²) >= 11 is 11.4. The van der Waals surface area contributed by atoms with Crippen LogP contribution in [0.4, 0.5) is 0 Å². The van der Waals surface area contributed by atoms with Crippen molar-refractivity contribution in [3.8, 4) is 0 Å². The van der Waals surface area contributed by atoms with Crippen molar-refractivity contribution < 1.29 is 13.2 Å². The highest BCUT2D eigenvalue weighted by molar-refractivity contribution is 7.89. The number of halogens is 2. The Balaban J connectivity index is 2.90. The number of nitrogens with zero attached hydrogens (tertiary/aromatic N) is 2. The van der Waals surface area contributed by atoms with Crippen LogP contribution in [0.1, 0.15) is 6.42 Å². The lowest BCUT2D eigenvalue weighted by molar-refractivity contribution is -0.120. The van der Waals surface area contributed by atoms with E-state index in [0.29, 0.717) is 0 Å².